The summed E-state index contributed by atoms with van der Waals surface area (Å²) in [6.45, 7) is 7.30. The van der Waals surface area contributed by atoms with Gasteiger partial charge in [-0.25, -0.2) is 8.42 Å². The standard InChI is InChI=1S/C15H21N3O2S/c1-10-6-8-14(9-7-10)13(4)18(5)21(19,20)15-11(2)16-17-12(15)3/h6-9,13H,1-5H3,(H,16,17). The number of hydrogen-bond donors (Lipinski definition) is 1. The van der Waals surface area contributed by atoms with E-state index >= 15 is 0 Å². The highest BCUT2D eigenvalue weighted by Gasteiger charge is 2.30. The zero-order chi connectivity index (χ0) is 15.8. The lowest BCUT2D eigenvalue weighted by Crippen LogP contribution is -2.30. The zero-order valence-electron chi connectivity index (χ0n) is 13.0. The van der Waals surface area contributed by atoms with Crippen LogP contribution in [0.15, 0.2) is 29.2 Å². The van der Waals surface area contributed by atoms with Crippen molar-refractivity contribution in [2.45, 2.75) is 38.6 Å². The van der Waals surface area contributed by atoms with Crippen LogP contribution in [0.2, 0.25) is 0 Å². The van der Waals surface area contributed by atoms with Crippen LogP contribution in [0.25, 0.3) is 0 Å². The minimum absolute atomic E-state index is 0.246. The van der Waals surface area contributed by atoms with Gasteiger partial charge in [-0.3, -0.25) is 5.10 Å². The number of hydrogen-bond acceptors (Lipinski definition) is 3. The molecule has 0 aliphatic rings. The molecule has 0 amide bonds. The number of rotatable bonds is 4. The molecule has 0 radical (unpaired) electrons. The summed E-state index contributed by atoms with van der Waals surface area (Å²) < 4.78 is 27.0. The first-order chi connectivity index (χ1) is 9.75. The van der Waals surface area contributed by atoms with Crippen molar-refractivity contribution >= 4 is 10.0 Å². The molecule has 1 aromatic carbocycles. The predicted molar refractivity (Wildman–Crippen MR) is 82.6 cm³/mol. The van der Waals surface area contributed by atoms with E-state index in [4.69, 9.17) is 0 Å². The first-order valence-electron chi connectivity index (χ1n) is 6.81. The Labute approximate surface area is 126 Å². The van der Waals surface area contributed by atoms with Crippen LogP contribution in [-0.4, -0.2) is 30.0 Å². The lowest BCUT2D eigenvalue weighted by molar-refractivity contribution is 0.398. The second-order valence-electron chi connectivity index (χ2n) is 5.37. The Kier molecular flexibility index (Phi) is 4.20. The fraction of sp³-hybridized carbons (Fsp3) is 0.400. The van der Waals surface area contributed by atoms with E-state index in [9.17, 15) is 8.42 Å². The second-order valence-corrected chi connectivity index (χ2v) is 7.31. The van der Waals surface area contributed by atoms with E-state index in [2.05, 4.69) is 10.2 Å². The van der Waals surface area contributed by atoms with Crippen molar-refractivity contribution in [1.29, 1.82) is 0 Å². The summed E-state index contributed by atoms with van der Waals surface area (Å²) >= 11 is 0. The monoisotopic (exact) mass is 307 g/mol. The topological polar surface area (TPSA) is 66.1 Å². The van der Waals surface area contributed by atoms with Gasteiger partial charge in [0.15, 0.2) is 0 Å². The number of benzene rings is 1. The molecule has 5 nitrogen and oxygen atoms in total. The van der Waals surface area contributed by atoms with Crippen LogP contribution in [0.4, 0.5) is 0 Å². The minimum Gasteiger partial charge on any atom is -0.281 e. The molecule has 2 aromatic rings. The van der Waals surface area contributed by atoms with E-state index in [0.717, 1.165) is 11.1 Å². The summed E-state index contributed by atoms with van der Waals surface area (Å²) in [7, 11) is -1.97. The molecule has 1 N–H and O–H groups in total. The number of aromatic nitrogens is 2. The Morgan fingerprint density at radius 1 is 1.14 bits per heavy atom. The zero-order valence-corrected chi connectivity index (χ0v) is 13.8. The van der Waals surface area contributed by atoms with Crippen LogP contribution < -0.4 is 0 Å². The van der Waals surface area contributed by atoms with Gasteiger partial charge in [-0.2, -0.15) is 9.40 Å². The molecule has 0 saturated heterocycles. The molecule has 0 fully saturated rings. The SMILES string of the molecule is Cc1ccc(C(C)N(C)S(=O)(=O)c2c(C)n[nH]c2C)cc1. The molecule has 21 heavy (non-hydrogen) atoms. The highest BCUT2D eigenvalue weighted by atomic mass is 32.2. The van der Waals surface area contributed by atoms with Crippen molar-refractivity contribution in [2.24, 2.45) is 0 Å². The van der Waals surface area contributed by atoms with Gasteiger partial charge in [0.2, 0.25) is 10.0 Å². The van der Waals surface area contributed by atoms with Gasteiger partial charge in [-0.1, -0.05) is 29.8 Å². The molecular formula is C15H21N3O2S. The van der Waals surface area contributed by atoms with Gasteiger partial charge < -0.3 is 0 Å². The lowest BCUT2D eigenvalue weighted by Gasteiger charge is -2.25. The fourth-order valence-electron chi connectivity index (χ4n) is 2.33. The van der Waals surface area contributed by atoms with Crippen molar-refractivity contribution in [3.63, 3.8) is 0 Å². The van der Waals surface area contributed by atoms with Crippen molar-refractivity contribution < 1.29 is 8.42 Å². The molecule has 1 unspecified atom stereocenters. The first kappa shape index (κ1) is 15.7. The van der Waals surface area contributed by atoms with Crippen LogP contribution in [-0.2, 0) is 10.0 Å². The van der Waals surface area contributed by atoms with E-state index < -0.39 is 10.0 Å². The molecule has 0 saturated carbocycles. The highest BCUT2D eigenvalue weighted by molar-refractivity contribution is 7.89. The molecule has 0 aliphatic heterocycles. The van der Waals surface area contributed by atoms with Gasteiger partial charge in [-0.05, 0) is 33.3 Å². The first-order valence-corrected chi connectivity index (χ1v) is 8.25. The van der Waals surface area contributed by atoms with Crippen molar-refractivity contribution in [3.05, 3.63) is 46.8 Å². The normalized spacial score (nSPS) is 13.6. The second kappa shape index (κ2) is 5.61. The van der Waals surface area contributed by atoms with Gasteiger partial charge in [-0.15, -0.1) is 0 Å². The van der Waals surface area contributed by atoms with Crippen LogP contribution in [0.1, 0.15) is 35.5 Å². The maximum absolute atomic E-state index is 12.8. The number of aryl methyl sites for hydroxylation is 3. The molecule has 1 atom stereocenters. The predicted octanol–water partition coefficient (Wildman–Crippen LogP) is 2.72. The molecule has 0 bridgehead atoms. The quantitative estimate of drug-likeness (QED) is 0.944. The van der Waals surface area contributed by atoms with Crippen LogP contribution >= 0.6 is 0 Å². The average Bonchev–Trinajstić information content (AvgIpc) is 2.78. The minimum atomic E-state index is -3.57. The number of aromatic amines is 1. The van der Waals surface area contributed by atoms with Crippen LogP contribution in [0.5, 0.6) is 0 Å². The Bertz CT molecular complexity index is 713. The Morgan fingerprint density at radius 2 is 1.71 bits per heavy atom. The summed E-state index contributed by atoms with van der Waals surface area (Å²) in [6.07, 6.45) is 0. The molecule has 1 aromatic heterocycles. The summed E-state index contributed by atoms with van der Waals surface area (Å²) in [6, 6.07) is 7.65. The van der Waals surface area contributed by atoms with Gasteiger partial charge in [0.1, 0.15) is 4.90 Å². The van der Waals surface area contributed by atoms with Gasteiger partial charge in [0, 0.05) is 13.1 Å². The Morgan fingerprint density at radius 3 is 2.19 bits per heavy atom. The van der Waals surface area contributed by atoms with Crippen molar-refractivity contribution in [1.82, 2.24) is 14.5 Å². The van der Waals surface area contributed by atoms with E-state index in [1.165, 1.54) is 4.31 Å². The molecular weight excluding hydrogens is 286 g/mol. The summed E-state index contributed by atoms with van der Waals surface area (Å²) in [5.74, 6) is 0. The Hall–Kier alpha value is -1.66. The lowest BCUT2D eigenvalue weighted by atomic mass is 10.1. The van der Waals surface area contributed by atoms with Crippen LogP contribution in [0.3, 0.4) is 0 Å². The van der Waals surface area contributed by atoms with Gasteiger partial charge >= 0.3 is 0 Å². The number of nitrogens with one attached hydrogen (secondary N) is 1. The molecule has 0 aliphatic carbocycles. The summed E-state index contributed by atoms with van der Waals surface area (Å²) in [4.78, 5) is 0.268. The molecule has 0 spiro atoms. The van der Waals surface area contributed by atoms with E-state index in [0.29, 0.717) is 11.4 Å². The molecule has 6 heteroatoms. The third-order valence-electron chi connectivity index (χ3n) is 3.80. The van der Waals surface area contributed by atoms with Gasteiger partial charge in [0.25, 0.3) is 0 Å². The Balaban J connectivity index is 2.38. The molecule has 2 rings (SSSR count). The fourth-order valence-corrected chi connectivity index (χ4v) is 4.01. The van der Waals surface area contributed by atoms with Crippen LogP contribution in [0, 0.1) is 20.8 Å². The maximum atomic E-state index is 12.8. The number of sulfonamides is 1. The average molecular weight is 307 g/mol. The van der Waals surface area contributed by atoms with Crippen molar-refractivity contribution in [2.75, 3.05) is 7.05 Å². The van der Waals surface area contributed by atoms with Gasteiger partial charge in [0.05, 0.1) is 11.4 Å². The van der Waals surface area contributed by atoms with E-state index in [1.807, 2.05) is 38.1 Å². The molecule has 1 heterocycles. The smallest absolute Gasteiger partial charge is 0.247 e. The highest BCUT2D eigenvalue weighted by Crippen LogP contribution is 2.28. The van der Waals surface area contributed by atoms with E-state index in [1.54, 1.807) is 20.9 Å². The summed E-state index contributed by atoms with van der Waals surface area (Å²) in [5, 5.41) is 6.71. The third kappa shape index (κ3) is 2.87. The molecule has 114 valence electrons. The van der Waals surface area contributed by atoms with E-state index in [-0.39, 0.29) is 10.9 Å². The third-order valence-corrected chi connectivity index (χ3v) is 5.99. The largest absolute Gasteiger partial charge is 0.281 e. The summed E-state index contributed by atoms with van der Waals surface area (Å²) in [5.41, 5.74) is 3.18. The van der Waals surface area contributed by atoms with Crippen molar-refractivity contribution in [3.8, 4) is 0 Å². The number of H-pyrrole nitrogens is 1. The maximum Gasteiger partial charge on any atom is 0.247 e. The number of nitrogens with zero attached hydrogens (tertiary/aromatic N) is 2.